The Morgan fingerprint density at radius 2 is 1.90 bits per heavy atom. The fourth-order valence-corrected chi connectivity index (χ4v) is 4.65. The Hall–Kier alpha value is -4.15. The zero-order valence-electron chi connectivity index (χ0n) is 20.7. The van der Waals surface area contributed by atoms with Crippen molar-refractivity contribution in [3.63, 3.8) is 0 Å². The summed E-state index contributed by atoms with van der Waals surface area (Å²) in [5.41, 5.74) is 7.91. The van der Waals surface area contributed by atoms with E-state index >= 15 is 0 Å². The van der Waals surface area contributed by atoms with Crippen LogP contribution >= 0.6 is 11.6 Å². The first-order valence-electron chi connectivity index (χ1n) is 11.7. The second kappa shape index (κ2) is 11.1. The number of pyridine rings is 1. The van der Waals surface area contributed by atoms with Crippen LogP contribution in [-0.4, -0.2) is 82.7 Å². The number of rotatable bonds is 4. The largest absolute Gasteiger partial charge is 0.490 e. The van der Waals surface area contributed by atoms with E-state index in [0.29, 0.717) is 47.1 Å². The minimum atomic E-state index is -5.08. The Morgan fingerprint density at radius 1 is 1.25 bits per heavy atom. The van der Waals surface area contributed by atoms with Gasteiger partial charge in [-0.05, 0) is 19.1 Å². The lowest BCUT2D eigenvalue weighted by Crippen LogP contribution is -2.47. The lowest BCUT2D eigenvalue weighted by molar-refractivity contribution is -0.192. The SMILES string of the molecule is CC(NC(=O)c1c(N)nn2cccnc12)c1cc(Cl)c2cncn2c1N1C[C@@H](O)C[C@H](O)C1.O=C(O)C(F)(F)F. The molecule has 17 heteroatoms. The number of nitrogens with one attached hydrogen (secondary N) is 1. The van der Waals surface area contributed by atoms with Crippen LogP contribution in [0, 0.1) is 0 Å². The second-order valence-electron chi connectivity index (χ2n) is 9.01. The van der Waals surface area contributed by atoms with Gasteiger partial charge in [0, 0.05) is 37.5 Å². The number of anilines is 2. The van der Waals surface area contributed by atoms with Gasteiger partial charge < -0.3 is 31.3 Å². The van der Waals surface area contributed by atoms with Crippen LogP contribution in [0.5, 0.6) is 0 Å². The molecule has 6 N–H and O–H groups in total. The number of carbonyl (C=O) groups excluding carboxylic acids is 1. The molecule has 1 saturated heterocycles. The van der Waals surface area contributed by atoms with E-state index in [9.17, 15) is 28.2 Å². The van der Waals surface area contributed by atoms with E-state index in [2.05, 4.69) is 20.4 Å². The number of β-amino-alcohol motifs (C(OH)–C–C–N with tert-alkyl or cyclic N) is 2. The maximum atomic E-state index is 13.2. The van der Waals surface area contributed by atoms with Gasteiger partial charge in [-0.25, -0.2) is 19.3 Å². The minimum absolute atomic E-state index is 0.0731. The number of nitrogens with two attached hydrogens (primary N) is 1. The Kier molecular flexibility index (Phi) is 8.04. The molecular formula is C23H24ClF3N8O5. The molecule has 3 atom stereocenters. The van der Waals surface area contributed by atoms with Gasteiger partial charge in [0.05, 0.1) is 35.0 Å². The zero-order valence-corrected chi connectivity index (χ0v) is 21.5. The summed E-state index contributed by atoms with van der Waals surface area (Å²) in [5, 5.41) is 35.2. The third-order valence-corrected chi connectivity index (χ3v) is 6.37. The van der Waals surface area contributed by atoms with Crippen molar-refractivity contribution in [3.05, 3.63) is 53.2 Å². The number of hydrogen-bond donors (Lipinski definition) is 5. The number of aliphatic hydroxyl groups excluding tert-OH is 2. The highest BCUT2D eigenvalue weighted by Crippen LogP contribution is 2.34. The summed E-state index contributed by atoms with van der Waals surface area (Å²) in [4.78, 5) is 32.4. The van der Waals surface area contributed by atoms with Crippen molar-refractivity contribution in [2.24, 2.45) is 0 Å². The van der Waals surface area contributed by atoms with Crippen molar-refractivity contribution in [1.82, 2.24) is 29.3 Å². The molecule has 0 aliphatic carbocycles. The van der Waals surface area contributed by atoms with E-state index in [-0.39, 0.29) is 11.4 Å². The average Bonchev–Trinajstić information content (AvgIpc) is 3.47. The second-order valence-corrected chi connectivity index (χ2v) is 9.42. The van der Waals surface area contributed by atoms with Gasteiger partial charge in [-0.1, -0.05) is 11.6 Å². The van der Waals surface area contributed by atoms with Crippen molar-refractivity contribution >= 4 is 46.3 Å². The van der Waals surface area contributed by atoms with E-state index in [1.165, 1.54) is 4.52 Å². The molecule has 1 fully saturated rings. The van der Waals surface area contributed by atoms with E-state index in [1.54, 1.807) is 41.5 Å². The number of nitrogens with zero attached hydrogens (tertiary/aromatic N) is 6. The van der Waals surface area contributed by atoms with Crippen LogP contribution in [0.1, 0.15) is 35.3 Å². The molecule has 4 aromatic rings. The van der Waals surface area contributed by atoms with Crippen molar-refractivity contribution < 1.29 is 38.1 Å². The summed E-state index contributed by atoms with van der Waals surface area (Å²) in [6.07, 6.45) is 0.331. The Labute approximate surface area is 228 Å². The van der Waals surface area contributed by atoms with E-state index in [4.69, 9.17) is 27.2 Å². The number of aliphatic hydroxyl groups is 2. The number of piperidine rings is 1. The number of fused-ring (bicyclic) bond motifs is 2. The minimum Gasteiger partial charge on any atom is -0.475 e. The van der Waals surface area contributed by atoms with Gasteiger partial charge in [0.15, 0.2) is 11.5 Å². The van der Waals surface area contributed by atoms with Crippen molar-refractivity contribution in [2.75, 3.05) is 23.7 Å². The first-order valence-corrected chi connectivity index (χ1v) is 12.1. The van der Waals surface area contributed by atoms with Crippen LogP contribution in [0.25, 0.3) is 11.2 Å². The Morgan fingerprint density at radius 3 is 2.52 bits per heavy atom. The smallest absolute Gasteiger partial charge is 0.475 e. The number of carbonyl (C=O) groups is 2. The van der Waals surface area contributed by atoms with E-state index < -0.39 is 36.3 Å². The molecule has 214 valence electrons. The summed E-state index contributed by atoms with van der Waals surface area (Å²) in [5.74, 6) is -2.43. The predicted molar refractivity (Wildman–Crippen MR) is 136 cm³/mol. The molecule has 0 bridgehead atoms. The maximum absolute atomic E-state index is 13.2. The third-order valence-electron chi connectivity index (χ3n) is 6.06. The van der Waals surface area contributed by atoms with Crippen LogP contribution in [-0.2, 0) is 4.79 Å². The van der Waals surface area contributed by atoms with E-state index in [1.807, 2.05) is 11.8 Å². The summed E-state index contributed by atoms with van der Waals surface area (Å²) in [6.45, 7) is 2.47. The molecule has 0 radical (unpaired) electrons. The standard InChI is InChI=1S/C21H23ClN8O3.C2HF3O2/c1-11(26-20(33)17-18(23)27-30-4-2-3-25-19(17)30)14-6-15(22)16-7-24-10-29(16)21(14)28-8-12(31)5-13(32)9-28;3-2(4,5)1(6)7/h2-4,6-7,10-13,31-32H,5,8-9H2,1H3,(H2,23,27)(H,26,33);(H,6,7)/t11?,12-,13-;/m0./s1. The Bertz CT molecular complexity index is 1550. The molecule has 40 heavy (non-hydrogen) atoms. The first kappa shape index (κ1) is 28.8. The van der Waals surface area contributed by atoms with Crippen LogP contribution in [0.2, 0.25) is 5.02 Å². The molecule has 13 nitrogen and oxygen atoms in total. The molecule has 0 saturated carbocycles. The van der Waals surface area contributed by atoms with Gasteiger partial charge in [0.1, 0.15) is 17.7 Å². The highest BCUT2D eigenvalue weighted by molar-refractivity contribution is 6.34. The molecule has 4 aromatic heterocycles. The number of carboxylic acids is 1. The summed E-state index contributed by atoms with van der Waals surface area (Å²) in [7, 11) is 0. The number of nitrogen functional groups attached to an aromatic ring is 1. The summed E-state index contributed by atoms with van der Waals surface area (Å²) in [6, 6.07) is 2.95. The lowest BCUT2D eigenvalue weighted by Gasteiger charge is -2.37. The molecule has 1 aliphatic rings. The van der Waals surface area contributed by atoms with Gasteiger partial charge >= 0.3 is 12.1 Å². The lowest BCUT2D eigenvalue weighted by atomic mass is 10.0. The molecule has 1 aliphatic heterocycles. The highest BCUT2D eigenvalue weighted by Gasteiger charge is 2.38. The number of alkyl halides is 3. The predicted octanol–water partition coefficient (Wildman–Crippen LogP) is 1.67. The molecule has 1 unspecified atom stereocenters. The van der Waals surface area contributed by atoms with Gasteiger partial charge in [0.2, 0.25) is 0 Å². The summed E-state index contributed by atoms with van der Waals surface area (Å²) < 4.78 is 35.0. The number of imidazole rings is 1. The average molecular weight is 585 g/mol. The van der Waals surface area contributed by atoms with Crippen molar-refractivity contribution in [2.45, 2.75) is 37.8 Å². The fourth-order valence-electron chi connectivity index (χ4n) is 4.40. The summed E-state index contributed by atoms with van der Waals surface area (Å²) >= 11 is 6.52. The number of carboxylic acid groups (broad SMARTS) is 1. The number of aliphatic carboxylic acids is 1. The number of amides is 1. The number of halogens is 4. The molecule has 0 aromatic carbocycles. The molecule has 1 amide bonds. The number of hydrogen-bond acceptors (Lipinski definition) is 9. The Balaban J connectivity index is 0.000000470. The van der Waals surface area contributed by atoms with E-state index in [0.717, 1.165) is 0 Å². The molecular weight excluding hydrogens is 561 g/mol. The fraction of sp³-hybridized carbons (Fsp3) is 0.348. The normalized spacial score (nSPS) is 18.3. The van der Waals surface area contributed by atoms with Gasteiger partial charge in [-0.3, -0.25) is 9.20 Å². The maximum Gasteiger partial charge on any atom is 0.490 e. The monoisotopic (exact) mass is 584 g/mol. The highest BCUT2D eigenvalue weighted by atomic mass is 35.5. The molecule has 5 heterocycles. The quantitative estimate of drug-likeness (QED) is 0.236. The van der Waals surface area contributed by atoms with Gasteiger partial charge in [-0.2, -0.15) is 13.2 Å². The first-order chi connectivity index (χ1) is 18.8. The van der Waals surface area contributed by atoms with Crippen LogP contribution < -0.4 is 16.0 Å². The van der Waals surface area contributed by atoms with Gasteiger partial charge in [0.25, 0.3) is 5.91 Å². The van der Waals surface area contributed by atoms with Crippen LogP contribution in [0.15, 0.2) is 37.1 Å². The van der Waals surface area contributed by atoms with Crippen molar-refractivity contribution in [1.29, 1.82) is 0 Å². The molecule has 5 rings (SSSR count). The van der Waals surface area contributed by atoms with Crippen LogP contribution in [0.3, 0.4) is 0 Å². The zero-order chi connectivity index (χ0) is 29.4. The topological polar surface area (TPSA) is 184 Å². The third kappa shape index (κ3) is 5.88. The molecule has 0 spiro atoms. The van der Waals surface area contributed by atoms with Crippen LogP contribution in [0.4, 0.5) is 24.8 Å². The van der Waals surface area contributed by atoms with Crippen molar-refractivity contribution in [3.8, 4) is 0 Å². The van der Waals surface area contributed by atoms with Gasteiger partial charge in [-0.15, -0.1) is 5.10 Å². The number of aromatic nitrogens is 5.